The molecular formula is C20H19N3O6. The largest absolute Gasteiger partial charge is 0.452 e. The fraction of sp³-hybridized carbons (Fsp3) is 0.250. The van der Waals surface area contributed by atoms with Crippen LogP contribution >= 0.6 is 0 Å². The Balaban J connectivity index is 1.47. The van der Waals surface area contributed by atoms with E-state index < -0.39 is 10.9 Å². The first kappa shape index (κ1) is 20.0. The average molecular weight is 397 g/mol. The van der Waals surface area contributed by atoms with Crippen molar-refractivity contribution in [1.82, 2.24) is 4.90 Å². The first-order chi connectivity index (χ1) is 14.0. The predicted octanol–water partition coefficient (Wildman–Crippen LogP) is 1.91. The summed E-state index contributed by atoms with van der Waals surface area (Å²) in [7, 11) is 0. The number of rotatable bonds is 6. The summed E-state index contributed by atoms with van der Waals surface area (Å²) in [6, 6.07) is 12.2. The van der Waals surface area contributed by atoms with Gasteiger partial charge in [-0.05, 0) is 24.3 Å². The van der Waals surface area contributed by atoms with Gasteiger partial charge >= 0.3 is 5.97 Å². The Kier molecular flexibility index (Phi) is 6.18. The molecule has 29 heavy (non-hydrogen) atoms. The van der Waals surface area contributed by atoms with Crippen molar-refractivity contribution >= 4 is 29.5 Å². The molecule has 1 saturated heterocycles. The number of hydrogen-bond donors (Lipinski definition) is 0. The number of nitro benzene ring substituents is 1. The SMILES string of the molecule is O=Cc1ccc(C(=O)OCC(=O)N2CCN(c3ccc([N+](=O)[O-])cc3)CC2)cc1. The van der Waals surface area contributed by atoms with Crippen molar-refractivity contribution in [2.75, 3.05) is 37.7 Å². The quantitative estimate of drug-likeness (QED) is 0.317. The number of aldehydes is 1. The molecule has 150 valence electrons. The number of ether oxygens (including phenoxy) is 1. The van der Waals surface area contributed by atoms with Crippen LogP contribution in [0, 0.1) is 10.1 Å². The molecule has 1 aliphatic heterocycles. The van der Waals surface area contributed by atoms with Crippen molar-refractivity contribution in [2.45, 2.75) is 0 Å². The minimum atomic E-state index is -0.625. The van der Waals surface area contributed by atoms with Crippen LogP contribution in [-0.4, -0.2) is 60.8 Å². The van der Waals surface area contributed by atoms with Gasteiger partial charge in [-0.15, -0.1) is 0 Å². The number of amides is 1. The summed E-state index contributed by atoms with van der Waals surface area (Å²) in [6.07, 6.45) is 0.676. The van der Waals surface area contributed by atoms with Crippen molar-refractivity contribution < 1.29 is 24.0 Å². The van der Waals surface area contributed by atoms with Crippen LogP contribution in [0.5, 0.6) is 0 Å². The lowest BCUT2D eigenvalue weighted by atomic mass is 10.1. The summed E-state index contributed by atoms with van der Waals surface area (Å²) < 4.78 is 5.07. The fourth-order valence-electron chi connectivity index (χ4n) is 3.00. The summed E-state index contributed by atoms with van der Waals surface area (Å²) in [6.45, 7) is 1.71. The van der Waals surface area contributed by atoms with Crippen molar-refractivity contribution in [1.29, 1.82) is 0 Å². The summed E-state index contributed by atoms with van der Waals surface area (Å²) in [4.78, 5) is 48.9. The number of piperazine rings is 1. The Morgan fingerprint density at radius 3 is 2.17 bits per heavy atom. The molecule has 0 radical (unpaired) electrons. The number of nitro groups is 1. The summed E-state index contributed by atoms with van der Waals surface area (Å²) in [5, 5.41) is 10.7. The van der Waals surface area contributed by atoms with Gasteiger partial charge in [0.05, 0.1) is 10.5 Å². The molecule has 3 rings (SSSR count). The Hall–Kier alpha value is -3.75. The van der Waals surface area contributed by atoms with Crippen LogP contribution in [0.1, 0.15) is 20.7 Å². The fourth-order valence-corrected chi connectivity index (χ4v) is 3.00. The zero-order chi connectivity index (χ0) is 20.8. The summed E-state index contributed by atoms with van der Waals surface area (Å²) in [5.74, 6) is -0.911. The summed E-state index contributed by atoms with van der Waals surface area (Å²) >= 11 is 0. The maximum Gasteiger partial charge on any atom is 0.338 e. The lowest BCUT2D eigenvalue weighted by Crippen LogP contribution is -2.49. The van der Waals surface area contributed by atoms with E-state index in [0.717, 1.165) is 5.69 Å². The van der Waals surface area contributed by atoms with Gasteiger partial charge in [-0.2, -0.15) is 0 Å². The van der Waals surface area contributed by atoms with Crippen molar-refractivity contribution in [3.05, 3.63) is 69.8 Å². The van der Waals surface area contributed by atoms with E-state index in [1.165, 1.54) is 36.4 Å². The van der Waals surface area contributed by atoms with Gasteiger partial charge in [0, 0.05) is 49.6 Å². The van der Waals surface area contributed by atoms with Crippen molar-refractivity contribution in [3.8, 4) is 0 Å². The molecule has 0 bridgehead atoms. The van der Waals surface area contributed by atoms with Crippen LogP contribution < -0.4 is 4.90 Å². The zero-order valence-electron chi connectivity index (χ0n) is 15.5. The standard InChI is InChI=1S/C20H19N3O6/c24-13-15-1-3-16(4-2-15)20(26)29-14-19(25)22-11-9-21(10-12-22)17-5-7-18(8-6-17)23(27)28/h1-8,13H,9-12,14H2. The second-order valence-electron chi connectivity index (χ2n) is 6.46. The van der Waals surface area contributed by atoms with Crippen LogP contribution in [0.15, 0.2) is 48.5 Å². The Morgan fingerprint density at radius 1 is 1.00 bits per heavy atom. The molecule has 1 aliphatic rings. The third-order valence-electron chi connectivity index (χ3n) is 4.67. The van der Waals surface area contributed by atoms with Gasteiger partial charge in [0.25, 0.3) is 11.6 Å². The van der Waals surface area contributed by atoms with Gasteiger partial charge in [0.15, 0.2) is 6.61 Å². The van der Waals surface area contributed by atoms with E-state index in [2.05, 4.69) is 0 Å². The molecule has 1 heterocycles. The number of carbonyl (C=O) groups excluding carboxylic acids is 3. The molecule has 0 atom stereocenters. The average Bonchev–Trinajstić information content (AvgIpc) is 2.77. The number of nitrogens with zero attached hydrogens (tertiary/aromatic N) is 3. The molecule has 0 aliphatic carbocycles. The molecule has 0 aromatic heterocycles. The number of non-ortho nitro benzene ring substituents is 1. The number of esters is 1. The molecule has 9 nitrogen and oxygen atoms in total. The van der Waals surface area contributed by atoms with Gasteiger partial charge in [-0.1, -0.05) is 12.1 Å². The van der Waals surface area contributed by atoms with Crippen LogP contribution in [0.2, 0.25) is 0 Å². The molecule has 1 amide bonds. The highest BCUT2D eigenvalue weighted by molar-refractivity contribution is 5.92. The first-order valence-corrected chi connectivity index (χ1v) is 8.97. The molecule has 1 fully saturated rings. The lowest BCUT2D eigenvalue weighted by Gasteiger charge is -2.36. The second-order valence-corrected chi connectivity index (χ2v) is 6.46. The molecule has 0 saturated carbocycles. The highest BCUT2D eigenvalue weighted by atomic mass is 16.6. The van der Waals surface area contributed by atoms with E-state index in [4.69, 9.17) is 4.74 Å². The molecule has 0 spiro atoms. The first-order valence-electron chi connectivity index (χ1n) is 8.97. The molecule has 2 aromatic rings. The van der Waals surface area contributed by atoms with Crippen LogP contribution in [0.3, 0.4) is 0 Å². The second kappa shape index (κ2) is 8.96. The van der Waals surface area contributed by atoms with Gasteiger partial charge < -0.3 is 14.5 Å². The minimum Gasteiger partial charge on any atom is -0.452 e. The third-order valence-corrected chi connectivity index (χ3v) is 4.67. The number of carbonyl (C=O) groups is 3. The zero-order valence-corrected chi connectivity index (χ0v) is 15.5. The number of hydrogen-bond acceptors (Lipinski definition) is 7. The lowest BCUT2D eigenvalue weighted by molar-refractivity contribution is -0.384. The van der Waals surface area contributed by atoms with Crippen molar-refractivity contribution in [3.63, 3.8) is 0 Å². The molecule has 9 heteroatoms. The van der Waals surface area contributed by atoms with Crippen LogP contribution in [-0.2, 0) is 9.53 Å². The maximum absolute atomic E-state index is 12.3. The van der Waals surface area contributed by atoms with E-state index in [-0.39, 0.29) is 23.8 Å². The van der Waals surface area contributed by atoms with E-state index in [9.17, 15) is 24.5 Å². The summed E-state index contributed by atoms with van der Waals surface area (Å²) in [5.41, 5.74) is 1.60. The Bertz CT molecular complexity index is 903. The van der Waals surface area contributed by atoms with Gasteiger partial charge in [0.1, 0.15) is 6.29 Å². The predicted molar refractivity (Wildman–Crippen MR) is 104 cm³/mol. The number of benzene rings is 2. The van der Waals surface area contributed by atoms with Crippen molar-refractivity contribution in [2.24, 2.45) is 0 Å². The molecule has 0 N–H and O–H groups in total. The smallest absolute Gasteiger partial charge is 0.338 e. The van der Waals surface area contributed by atoms with Gasteiger partial charge in [-0.25, -0.2) is 4.79 Å². The maximum atomic E-state index is 12.3. The number of anilines is 1. The third kappa shape index (κ3) is 4.95. The molecule has 0 unspecified atom stereocenters. The molecular weight excluding hydrogens is 378 g/mol. The Morgan fingerprint density at radius 2 is 1.62 bits per heavy atom. The van der Waals surface area contributed by atoms with Gasteiger partial charge in [0.2, 0.25) is 0 Å². The normalized spacial score (nSPS) is 13.7. The molecule has 2 aromatic carbocycles. The van der Waals surface area contributed by atoms with E-state index in [1.807, 2.05) is 4.90 Å². The van der Waals surface area contributed by atoms with Crippen LogP contribution in [0.25, 0.3) is 0 Å². The highest BCUT2D eigenvalue weighted by Gasteiger charge is 2.22. The van der Waals surface area contributed by atoms with Gasteiger partial charge in [-0.3, -0.25) is 19.7 Å². The van der Waals surface area contributed by atoms with E-state index in [1.54, 1.807) is 17.0 Å². The monoisotopic (exact) mass is 397 g/mol. The van der Waals surface area contributed by atoms with E-state index in [0.29, 0.717) is 38.0 Å². The van der Waals surface area contributed by atoms with Crippen LogP contribution in [0.4, 0.5) is 11.4 Å². The highest BCUT2D eigenvalue weighted by Crippen LogP contribution is 2.20. The Labute approximate surface area is 166 Å². The minimum absolute atomic E-state index is 0.0326. The topological polar surface area (TPSA) is 110 Å². The van der Waals surface area contributed by atoms with E-state index >= 15 is 0 Å².